The number of benzene rings is 3. The molecule has 0 aliphatic carbocycles. The monoisotopic (exact) mass is 394 g/mol. The smallest absolute Gasteiger partial charge is 0.227 e. The van der Waals surface area contributed by atoms with Gasteiger partial charge in [0.1, 0.15) is 5.52 Å². The van der Waals surface area contributed by atoms with Crippen LogP contribution in [0, 0.1) is 13.8 Å². The third-order valence-electron chi connectivity index (χ3n) is 4.43. The van der Waals surface area contributed by atoms with Gasteiger partial charge in [0.05, 0.1) is 15.7 Å². The minimum Gasteiger partial charge on any atom is -0.436 e. The molecule has 5 heteroatoms. The SMILES string of the molecule is Cc1ccc(-c2nc3cc(N=Cc4ccc(Cl)c(Cl)c4)ccc3o2)cc1C. The maximum Gasteiger partial charge on any atom is 0.227 e. The number of fused-ring (bicyclic) bond motifs is 1. The lowest BCUT2D eigenvalue weighted by Gasteiger charge is -2.01. The molecule has 0 saturated heterocycles. The Labute approximate surface area is 167 Å². The first-order chi connectivity index (χ1) is 13.0. The number of hydrogen-bond donors (Lipinski definition) is 0. The number of aromatic nitrogens is 1. The minimum atomic E-state index is 0.505. The molecule has 0 spiro atoms. The largest absolute Gasteiger partial charge is 0.436 e. The molecule has 0 saturated carbocycles. The first kappa shape index (κ1) is 17.8. The Kier molecular flexibility index (Phi) is 4.73. The summed E-state index contributed by atoms with van der Waals surface area (Å²) in [6.07, 6.45) is 1.74. The molecule has 0 fully saturated rings. The Morgan fingerprint density at radius 1 is 0.889 bits per heavy atom. The Morgan fingerprint density at radius 2 is 1.74 bits per heavy atom. The van der Waals surface area contributed by atoms with E-state index in [-0.39, 0.29) is 0 Å². The number of aryl methyl sites for hydroxylation is 2. The third-order valence-corrected chi connectivity index (χ3v) is 5.17. The molecule has 0 radical (unpaired) electrons. The molecular formula is C22H16Cl2N2O. The van der Waals surface area contributed by atoms with E-state index in [0.29, 0.717) is 15.9 Å². The number of rotatable bonds is 3. The molecule has 0 N–H and O–H groups in total. The molecule has 0 aliphatic heterocycles. The van der Waals surface area contributed by atoms with Gasteiger partial charge in [-0.15, -0.1) is 0 Å². The van der Waals surface area contributed by atoms with Crippen LogP contribution < -0.4 is 0 Å². The van der Waals surface area contributed by atoms with Crippen molar-refractivity contribution in [2.75, 3.05) is 0 Å². The Balaban J connectivity index is 1.65. The van der Waals surface area contributed by atoms with Gasteiger partial charge in [0.2, 0.25) is 5.89 Å². The van der Waals surface area contributed by atoms with Crippen molar-refractivity contribution in [3.63, 3.8) is 0 Å². The molecule has 0 aliphatic rings. The van der Waals surface area contributed by atoms with Crippen molar-refractivity contribution in [1.29, 1.82) is 0 Å². The van der Waals surface area contributed by atoms with Crippen LogP contribution in [0.5, 0.6) is 0 Å². The van der Waals surface area contributed by atoms with E-state index in [1.807, 2.05) is 30.3 Å². The summed E-state index contributed by atoms with van der Waals surface area (Å²) in [5.74, 6) is 0.610. The van der Waals surface area contributed by atoms with Crippen molar-refractivity contribution in [2.24, 2.45) is 4.99 Å². The van der Waals surface area contributed by atoms with E-state index in [1.54, 1.807) is 18.3 Å². The highest BCUT2D eigenvalue weighted by atomic mass is 35.5. The van der Waals surface area contributed by atoms with Gasteiger partial charge in [-0.25, -0.2) is 4.98 Å². The number of oxazole rings is 1. The van der Waals surface area contributed by atoms with E-state index in [1.165, 1.54) is 11.1 Å². The van der Waals surface area contributed by atoms with E-state index in [0.717, 1.165) is 27.9 Å². The van der Waals surface area contributed by atoms with Crippen LogP contribution in [0.15, 0.2) is 64.0 Å². The molecule has 27 heavy (non-hydrogen) atoms. The minimum absolute atomic E-state index is 0.505. The highest BCUT2D eigenvalue weighted by Crippen LogP contribution is 2.28. The molecule has 1 aromatic heterocycles. The predicted octanol–water partition coefficient (Wildman–Crippen LogP) is 7.17. The lowest BCUT2D eigenvalue weighted by atomic mass is 10.1. The molecule has 3 nitrogen and oxygen atoms in total. The van der Waals surface area contributed by atoms with Gasteiger partial charge in [-0.05, 0) is 73.0 Å². The lowest BCUT2D eigenvalue weighted by Crippen LogP contribution is -1.83. The highest BCUT2D eigenvalue weighted by molar-refractivity contribution is 6.42. The fourth-order valence-corrected chi connectivity index (χ4v) is 3.04. The summed E-state index contributed by atoms with van der Waals surface area (Å²) in [7, 11) is 0. The second-order valence-corrected chi connectivity index (χ2v) is 7.22. The summed E-state index contributed by atoms with van der Waals surface area (Å²) in [6.45, 7) is 4.17. The normalized spacial score (nSPS) is 11.6. The summed E-state index contributed by atoms with van der Waals surface area (Å²) in [6, 6.07) is 17.3. The fourth-order valence-electron chi connectivity index (χ4n) is 2.74. The average molecular weight is 395 g/mol. The Hall–Kier alpha value is -2.62. The Bertz CT molecular complexity index is 1180. The quantitative estimate of drug-likeness (QED) is 0.345. The van der Waals surface area contributed by atoms with Crippen LogP contribution in [0.4, 0.5) is 5.69 Å². The zero-order chi connectivity index (χ0) is 19.0. The topological polar surface area (TPSA) is 38.4 Å². The summed E-state index contributed by atoms with van der Waals surface area (Å²) in [5.41, 5.74) is 6.59. The van der Waals surface area contributed by atoms with Crippen molar-refractivity contribution < 1.29 is 4.42 Å². The van der Waals surface area contributed by atoms with Crippen molar-refractivity contribution >= 4 is 46.2 Å². The molecule has 4 aromatic rings. The second-order valence-electron chi connectivity index (χ2n) is 6.40. The fraction of sp³-hybridized carbons (Fsp3) is 0.0909. The molecule has 1 heterocycles. The highest BCUT2D eigenvalue weighted by Gasteiger charge is 2.09. The van der Waals surface area contributed by atoms with Gasteiger partial charge in [-0.2, -0.15) is 0 Å². The number of nitrogens with zero attached hydrogens (tertiary/aromatic N) is 2. The molecule has 3 aromatic carbocycles. The van der Waals surface area contributed by atoms with E-state index < -0.39 is 0 Å². The zero-order valence-corrected chi connectivity index (χ0v) is 16.3. The summed E-state index contributed by atoms with van der Waals surface area (Å²) in [5, 5.41) is 1.03. The van der Waals surface area contributed by atoms with E-state index in [2.05, 4.69) is 36.0 Å². The molecular weight excluding hydrogens is 379 g/mol. The Morgan fingerprint density at radius 3 is 2.52 bits per heavy atom. The van der Waals surface area contributed by atoms with Crippen LogP contribution in [0.25, 0.3) is 22.6 Å². The van der Waals surface area contributed by atoms with Crippen LogP contribution in [0.2, 0.25) is 10.0 Å². The van der Waals surface area contributed by atoms with Crippen molar-refractivity contribution in [3.8, 4) is 11.5 Å². The van der Waals surface area contributed by atoms with Crippen LogP contribution in [0.1, 0.15) is 16.7 Å². The first-order valence-corrected chi connectivity index (χ1v) is 9.22. The molecule has 0 bridgehead atoms. The first-order valence-electron chi connectivity index (χ1n) is 8.47. The van der Waals surface area contributed by atoms with E-state index in [9.17, 15) is 0 Å². The van der Waals surface area contributed by atoms with Crippen LogP contribution >= 0.6 is 23.2 Å². The third kappa shape index (κ3) is 3.75. The lowest BCUT2D eigenvalue weighted by molar-refractivity contribution is 0.620. The summed E-state index contributed by atoms with van der Waals surface area (Å²) in [4.78, 5) is 9.11. The summed E-state index contributed by atoms with van der Waals surface area (Å²) >= 11 is 12.0. The van der Waals surface area contributed by atoms with Crippen molar-refractivity contribution in [1.82, 2.24) is 4.98 Å². The molecule has 134 valence electrons. The van der Waals surface area contributed by atoms with Crippen molar-refractivity contribution in [2.45, 2.75) is 13.8 Å². The number of halogens is 2. The standard InChI is InChI=1S/C22H16Cl2N2O/c1-13-3-5-16(9-14(13)2)22-26-20-11-17(6-8-21(20)27-22)25-12-15-4-7-18(23)19(24)10-15/h3-12H,1-2H3. The van der Waals surface area contributed by atoms with Crippen molar-refractivity contribution in [3.05, 3.63) is 81.3 Å². The maximum absolute atomic E-state index is 6.04. The number of hydrogen-bond acceptors (Lipinski definition) is 3. The molecule has 0 amide bonds. The van der Waals surface area contributed by atoms with Gasteiger partial charge in [-0.3, -0.25) is 4.99 Å². The van der Waals surface area contributed by atoms with Gasteiger partial charge < -0.3 is 4.42 Å². The molecule has 0 atom stereocenters. The van der Waals surface area contributed by atoms with Gasteiger partial charge >= 0.3 is 0 Å². The van der Waals surface area contributed by atoms with Gasteiger partial charge in [0.25, 0.3) is 0 Å². The van der Waals surface area contributed by atoms with Crippen LogP contribution in [-0.4, -0.2) is 11.2 Å². The van der Waals surface area contributed by atoms with E-state index in [4.69, 9.17) is 27.6 Å². The number of aliphatic imine (C=N–C) groups is 1. The van der Waals surface area contributed by atoms with Crippen LogP contribution in [0.3, 0.4) is 0 Å². The second kappa shape index (κ2) is 7.18. The molecule has 0 unspecified atom stereocenters. The van der Waals surface area contributed by atoms with Gasteiger partial charge in [0.15, 0.2) is 5.58 Å². The maximum atomic E-state index is 6.04. The molecule has 4 rings (SSSR count). The van der Waals surface area contributed by atoms with Gasteiger partial charge in [0, 0.05) is 11.8 Å². The van der Waals surface area contributed by atoms with Gasteiger partial charge in [-0.1, -0.05) is 35.3 Å². The zero-order valence-electron chi connectivity index (χ0n) is 14.8. The summed E-state index contributed by atoms with van der Waals surface area (Å²) < 4.78 is 5.90. The average Bonchev–Trinajstić information content (AvgIpc) is 3.08. The van der Waals surface area contributed by atoms with Crippen LogP contribution in [-0.2, 0) is 0 Å². The predicted molar refractivity (Wildman–Crippen MR) is 113 cm³/mol. The van der Waals surface area contributed by atoms with E-state index >= 15 is 0 Å².